The Hall–Kier alpha value is -7.01. The molecule has 3 aromatic carbocycles. The molecule has 422 valence electrons. The lowest BCUT2D eigenvalue weighted by Crippen LogP contribution is -2.52. The van der Waals surface area contributed by atoms with Gasteiger partial charge in [0.2, 0.25) is 11.8 Å². The van der Waals surface area contributed by atoms with E-state index in [1.807, 2.05) is 22.7 Å². The van der Waals surface area contributed by atoms with Gasteiger partial charge >= 0.3 is 12.1 Å². The van der Waals surface area contributed by atoms with Crippen LogP contribution in [-0.4, -0.2) is 148 Å². The number of likely N-dealkylation sites (tertiary alicyclic amines) is 1. The van der Waals surface area contributed by atoms with Crippen LogP contribution in [0.1, 0.15) is 113 Å². The highest BCUT2D eigenvalue weighted by atomic mass is 19.1. The highest BCUT2D eigenvalue weighted by molar-refractivity contribution is 6.04. The van der Waals surface area contributed by atoms with Crippen molar-refractivity contribution in [2.24, 2.45) is 12.5 Å². The van der Waals surface area contributed by atoms with Gasteiger partial charge in [-0.3, -0.25) is 24.5 Å². The lowest BCUT2D eigenvalue weighted by Gasteiger charge is -2.52. The third-order valence-electron chi connectivity index (χ3n) is 19.6. The molecule has 81 heavy (non-hydrogen) atoms. The van der Waals surface area contributed by atoms with Crippen LogP contribution in [0.4, 0.5) is 25.1 Å². The molecule has 4 atom stereocenters. The first-order valence-corrected chi connectivity index (χ1v) is 29.4. The number of amides is 3. The Labute approximate surface area is 469 Å². The quantitative estimate of drug-likeness (QED) is 0.102. The number of hydrogen-bond donors (Lipinski definition) is 1. The van der Waals surface area contributed by atoms with E-state index in [0.29, 0.717) is 98.6 Å². The molecule has 0 radical (unpaired) electrons. The van der Waals surface area contributed by atoms with Gasteiger partial charge in [-0.05, 0) is 132 Å². The van der Waals surface area contributed by atoms with Crippen molar-refractivity contribution in [2.45, 2.75) is 132 Å². The van der Waals surface area contributed by atoms with Gasteiger partial charge in [-0.15, -0.1) is 6.42 Å². The maximum absolute atomic E-state index is 17.5. The number of hydrogen-bond acceptors (Lipinski definition) is 14. The van der Waals surface area contributed by atoms with Crippen molar-refractivity contribution in [2.75, 3.05) is 75.5 Å². The number of anilines is 2. The van der Waals surface area contributed by atoms with Gasteiger partial charge in [0, 0.05) is 80.9 Å². The van der Waals surface area contributed by atoms with Crippen LogP contribution in [0.3, 0.4) is 0 Å². The summed E-state index contributed by atoms with van der Waals surface area (Å²) in [4.78, 5) is 62.0. The van der Waals surface area contributed by atoms with Crippen molar-refractivity contribution in [3.63, 3.8) is 0 Å². The molecule has 1 saturated carbocycles. The molecule has 10 heterocycles. The van der Waals surface area contributed by atoms with Crippen LogP contribution in [0.15, 0.2) is 48.5 Å². The molecule has 7 fully saturated rings. The third-order valence-corrected chi connectivity index (χ3v) is 19.6. The van der Waals surface area contributed by atoms with E-state index in [-0.39, 0.29) is 75.9 Å². The second-order valence-electron chi connectivity index (χ2n) is 24.2. The SMILES string of the molecule is C#Cc1c(F)ccc2cccc(-c3nc4c5c(nc(OC[C@@]67CCCN6[C@H](COC(=O)N6CCC8(CC6)CC(OC6CCN(c9ccc%10c(C%11CCC(=O)NC%11=O)nn(C)c%10c9)CC6)C8)CC7)nc5c3F)N3CCCOC[C@@H]3CC4)c12. The number of nitrogens with zero attached hydrogens (tertiary/aromatic N) is 9. The monoisotopic (exact) mass is 1100 g/mol. The van der Waals surface area contributed by atoms with E-state index in [1.54, 1.807) is 18.2 Å². The number of ether oxygens (including phenoxy) is 4. The zero-order valence-electron chi connectivity index (χ0n) is 45.9. The molecule has 7 aliphatic heterocycles. The van der Waals surface area contributed by atoms with Crippen molar-refractivity contribution in [1.29, 1.82) is 0 Å². The summed E-state index contributed by atoms with van der Waals surface area (Å²) in [5.41, 5.74) is 4.02. The van der Waals surface area contributed by atoms with Gasteiger partial charge in [-0.1, -0.05) is 30.2 Å². The summed E-state index contributed by atoms with van der Waals surface area (Å²) in [7, 11) is 1.91. The van der Waals surface area contributed by atoms with Gasteiger partial charge in [-0.2, -0.15) is 15.1 Å². The molecule has 6 aromatic rings. The number of aromatic nitrogens is 5. The Bertz CT molecular complexity index is 3550. The van der Waals surface area contributed by atoms with Gasteiger partial charge in [0.05, 0.1) is 64.2 Å². The number of terminal acetylenes is 1. The van der Waals surface area contributed by atoms with Crippen molar-refractivity contribution < 1.29 is 42.1 Å². The first-order valence-electron chi connectivity index (χ1n) is 29.4. The molecule has 0 bridgehead atoms. The summed E-state index contributed by atoms with van der Waals surface area (Å²) in [6.07, 6.45) is 18.4. The van der Waals surface area contributed by atoms with Gasteiger partial charge in [0.1, 0.15) is 36.1 Å². The van der Waals surface area contributed by atoms with Crippen LogP contribution in [0, 0.1) is 29.4 Å². The average molecular weight is 1100 g/mol. The summed E-state index contributed by atoms with van der Waals surface area (Å²) in [5.74, 6) is 0.963. The number of imide groups is 1. The number of piperidine rings is 3. The summed E-state index contributed by atoms with van der Waals surface area (Å²) in [6, 6.07) is 14.8. The Balaban J connectivity index is 0.585. The highest BCUT2D eigenvalue weighted by Gasteiger charge is 2.51. The highest BCUT2D eigenvalue weighted by Crippen LogP contribution is 2.51. The fourth-order valence-corrected chi connectivity index (χ4v) is 15.2. The number of pyridine rings is 1. The van der Waals surface area contributed by atoms with Crippen LogP contribution < -0.4 is 19.9 Å². The van der Waals surface area contributed by atoms with Crippen LogP contribution in [0.25, 0.3) is 43.8 Å². The molecule has 1 spiro atoms. The van der Waals surface area contributed by atoms with Gasteiger partial charge < -0.3 is 33.6 Å². The Morgan fingerprint density at radius 3 is 2.57 bits per heavy atom. The Morgan fingerprint density at radius 2 is 1.74 bits per heavy atom. The van der Waals surface area contributed by atoms with Gasteiger partial charge in [-0.25, -0.2) is 18.6 Å². The largest absolute Gasteiger partial charge is 0.461 e. The molecule has 14 rings (SSSR count). The van der Waals surface area contributed by atoms with E-state index in [9.17, 15) is 14.4 Å². The van der Waals surface area contributed by atoms with E-state index in [0.717, 1.165) is 119 Å². The number of carbonyl (C=O) groups excluding carboxylic acids is 3. The first-order chi connectivity index (χ1) is 39.4. The minimum absolute atomic E-state index is 0.00486. The Kier molecular flexibility index (Phi) is 13.3. The van der Waals surface area contributed by atoms with E-state index >= 15 is 8.78 Å². The van der Waals surface area contributed by atoms with Crippen molar-refractivity contribution in [1.82, 2.24) is 39.8 Å². The van der Waals surface area contributed by atoms with Crippen LogP contribution in [0.5, 0.6) is 6.01 Å². The molecule has 8 aliphatic rings. The molecule has 1 unspecified atom stereocenters. The van der Waals surface area contributed by atoms with Crippen molar-refractivity contribution >= 4 is 62.0 Å². The second kappa shape index (κ2) is 20.8. The molecule has 3 aromatic heterocycles. The fraction of sp³-hybridized carbons (Fsp3) is 0.532. The fourth-order valence-electron chi connectivity index (χ4n) is 15.2. The lowest BCUT2D eigenvalue weighted by molar-refractivity contribution is -0.135. The molecular weight excluding hydrogens is 1030 g/mol. The smallest absolute Gasteiger partial charge is 0.409 e. The molecule has 1 N–H and O–H groups in total. The van der Waals surface area contributed by atoms with Crippen LogP contribution >= 0.6 is 0 Å². The van der Waals surface area contributed by atoms with Crippen LogP contribution in [0.2, 0.25) is 0 Å². The van der Waals surface area contributed by atoms with E-state index in [2.05, 4.69) is 44.1 Å². The number of benzene rings is 3. The summed E-state index contributed by atoms with van der Waals surface area (Å²) in [6.45, 7) is 6.42. The molecular formula is C62H68F2N10O7. The zero-order chi connectivity index (χ0) is 55.1. The van der Waals surface area contributed by atoms with E-state index in [4.69, 9.17) is 45.4 Å². The molecule has 17 nitrogen and oxygen atoms in total. The Morgan fingerprint density at radius 1 is 0.889 bits per heavy atom. The maximum Gasteiger partial charge on any atom is 0.409 e. The third kappa shape index (κ3) is 9.29. The number of carbonyl (C=O) groups is 3. The van der Waals surface area contributed by atoms with Gasteiger partial charge in [0.25, 0.3) is 0 Å². The van der Waals surface area contributed by atoms with Crippen LogP contribution in [-0.2, 0) is 37.3 Å². The predicted octanol–water partition coefficient (Wildman–Crippen LogP) is 8.50. The first kappa shape index (κ1) is 52.1. The van der Waals surface area contributed by atoms with E-state index in [1.165, 1.54) is 6.07 Å². The number of nitrogens with one attached hydrogen (secondary N) is 1. The minimum Gasteiger partial charge on any atom is -0.461 e. The van der Waals surface area contributed by atoms with E-state index < -0.39 is 17.6 Å². The number of rotatable bonds is 10. The minimum atomic E-state index is -0.641. The average Bonchev–Trinajstić information content (AvgIpc) is 4.25. The second-order valence-corrected chi connectivity index (χ2v) is 24.2. The van der Waals surface area contributed by atoms with Crippen molar-refractivity contribution in [3.05, 3.63) is 77.1 Å². The molecule has 19 heteroatoms. The number of aryl methyl sites for hydroxylation is 2. The maximum atomic E-state index is 17.5. The number of halogens is 2. The summed E-state index contributed by atoms with van der Waals surface area (Å²) < 4.78 is 60.1. The standard InChI is InChI=1S/C62H68F2N10O7/c1-3-43-47(63)14-9-37-7-4-8-45(51(37)43)55-53(64)56-52-48(65-55)15-11-39-34-78-30-6-24-73(39)57(52)68-59(67-56)80-36-62-20-5-25-74(62)40(17-21-62)35-79-60(77)72-28-22-61(23-29-72)32-42(33-61)81-41-18-26-71(27-19-41)38-10-12-44-49(31-38)70(2)69-54(44)46-13-16-50(75)66-58(46)76/h1,4,7-10,12,14,31,39-42,46H,5-6,11,13,15-30,32-36H2,2H3,(H,66,75,76)/t39-,40-,46?,62-/m0/s1. The lowest BCUT2D eigenvalue weighted by atomic mass is 9.61. The molecule has 6 saturated heterocycles. The van der Waals surface area contributed by atoms with Crippen molar-refractivity contribution in [3.8, 4) is 29.6 Å². The normalized spacial score (nSPS) is 25.2. The zero-order valence-corrected chi connectivity index (χ0v) is 45.9. The molecule has 1 aliphatic carbocycles. The molecule has 3 amide bonds. The predicted molar refractivity (Wildman–Crippen MR) is 300 cm³/mol. The summed E-state index contributed by atoms with van der Waals surface area (Å²) >= 11 is 0. The number of fused-ring (bicyclic) bond motifs is 5. The summed E-state index contributed by atoms with van der Waals surface area (Å²) in [5, 5.41) is 9.81. The van der Waals surface area contributed by atoms with Gasteiger partial charge in [0.15, 0.2) is 5.82 Å². The topological polar surface area (TPSA) is 170 Å².